The van der Waals surface area contributed by atoms with Crippen LogP contribution in [0.4, 0.5) is 0 Å². The number of hydrogen-bond donors (Lipinski definition) is 2. The number of sulfonamides is 1. The highest BCUT2D eigenvalue weighted by atomic mass is 32.2. The molecule has 9 nitrogen and oxygen atoms in total. The minimum absolute atomic E-state index is 0.0515. The van der Waals surface area contributed by atoms with Crippen molar-refractivity contribution in [3.05, 3.63) is 11.5 Å². The zero-order valence-electron chi connectivity index (χ0n) is 13.8. The maximum absolute atomic E-state index is 12.8. The first-order valence-electron chi connectivity index (χ1n) is 7.07. The summed E-state index contributed by atoms with van der Waals surface area (Å²) >= 11 is 0. The van der Waals surface area contributed by atoms with Gasteiger partial charge in [0.05, 0.1) is 26.2 Å². The Morgan fingerprint density at radius 1 is 1.12 bits per heavy atom. The summed E-state index contributed by atoms with van der Waals surface area (Å²) in [5.41, 5.74) is 0.121. The van der Waals surface area contributed by atoms with Gasteiger partial charge in [-0.1, -0.05) is 17.0 Å². The van der Waals surface area contributed by atoms with E-state index in [1.54, 1.807) is 0 Å². The van der Waals surface area contributed by atoms with E-state index in [1.807, 2.05) is 0 Å². The molecule has 10 heteroatoms. The molecule has 1 rings (SSSR count). The Hall–Kier alpha value is -2.82. The third-order valence-corrected chi connectivity index (χ3v) is 5.02. The van der Waals surface area contributed by atoms with E-state index < -0.39 is 34.9 Å². The number of terminal acetylenes is 2. The third kappa shape index (κ3) is 5.35. The lowest BCUT2D eigenvalue weighted by molar-refractivity contribution is -0.123. The highest BCUT2D eigenvalue weighted by Crippen LogP contribution is 2.23. The van der Waals surface area contributed by atoms with Crippen molar-refractivity contribution >= 4 is 21.8 Å². The quantitative estimate of drug-likeness (QED) is 0.556. The molecule has 2 N–H and O–H groups in total. The van der Waals surface area contributed by atoms with Crippen molar-refractivity contribution in [2.45, 2.75) is 18.7 Å². The number of aromatic nitrogens is 1. The van der Waals surface area contributed by atoms with Gasteiger partial charge in [0.15, 0.2) is 5.76 Å². The Morgan fingerprint density at radius 3 is 1.96 bits per heavy atom. The molecule has 0 spiro atoms. The van der Waals surface area contributed by atoms with Gasteiger partial charge in [0.1, 0.15) is 10.6 Å². The zero-order valence-corrected chi connectivity index (χ0v) is 14.6. The summed E-state index contributed by atoms with van der Waals surface area (Å²) in [6.07, 6.45) is 10.1. The van der Waals surface area contributed by atoms with Gasteiger partial charge in [-0.25, -0.2) is 8.42 Å². The van der Waals surface area contributed by atoms with Crippen LogP contribution in [0.1, 0.15) is 11.5 Å². The van der Waals surface area contributed by atoms with Gasteiger partial charge in [-0.05, 0) is 13.8 Å². The number of rotatable bonds is 8. The van der Waals surface area contributed by atoms with E-state index in [0.717, 1.165) is 0 Å². The maximum atomic E-state index is 12.8. The van der Waals surface area contributed by atoms with Crippen molar-refractivity contribution < 1.29 is 22.5 Å². The van der Waals surface area contributed by atoms with Gasteiger partial charge in [0, 0.05) is 0 Å². The molecule has 25 heavy (non-hydrogen) atoms. The van der Waals surface area contributed by atoms with Crippen molar-refractivity contribution in [2.75, 3.05) is 26.2 Å². The first-order chi connectivity index (χ1) is 11.7. The van der Waals surface area contributed by atoms with Crippen LogP contribution < -0.4 is 10.6 Å². The average Bonchev–Trinajstić information content (AvgIpc) is 2.89. The highest BCUT2D eigenvalue weighted by Gasteiger charge is 2.33. The van der Waals surface area contributed by atoms with Crippen molar-refractivity contribution in [3.8, 4) is 24.7 Å². The lowest BCUT2D eigenvalue weighted by atomic mass is 10.4. The molecule has 0 aliphatic carbocycles. The van der Waals surface area contributed by atoms with Gasteiger partial charge >= 0.3 is 0 Å². The second-order valence-electron chi connectivity index (χ2n) is 4.89. The van der Waals surface area contributed by atoms with Crippen LogP contribution in [0.25, 0.3) is 0 Å². The molecule has 0 aliphatic rings. The predicted molar refractivity (Wildman–Crippen MR) is 88.4 cm³/mol. The molecule has 0 saturated heterocycles. The fourth-order valence-corrected chi connectivity index (χ4v) is 3.57. The van der Waals surface area contributed by atoms with Gasteiger partial charge in [0.2, 0.25) is 21.8 Å². The summed E-state index contributed by atoms with van der Waals surface area (Å²) in [5, 5.41) is 8.27. The third-order valence-electron chi connectivity index (χ3n) is 2.98. The number of carbonyl (C=O) groups excluding carboxylic acids is 2. The fourth-order valence-electron chi connectivity index (χ4n) is 1.93. The molecule has 0 radical (unpaired) electrons. The van der Waals surface area contributed by atoms with Crippen LogP contribution in [0, 0.1) is 38.5 Å². The number of nitrogens with zero attached hydrogens (tertiary/aromatic N) is 2. The lowest BCUT2D eigenvalue weighted by Gasteiger charge is -2.20. The lowest BCUT2D eigenvalue weighted by Crippen LogP contribution is -2.46. The number of amides is 2. The minimum Gasteiger partial charge on any atom is -0.360 e. The fraction of sp³-hybridized carbons (Fsp3) is 0.400. The van der Waals surface area contributed by atoms with Crippen LogP contribution in [-0.2, 0) is 19.6 Å². The minimum atomic E-state index is -4.21. The first-order valence-corrected chi connectivity index (χ1v) is 8.51. The summed E-state index contributed by atoms with van der Waals surface area (Å²) < 4.78 is 31.2. The molecule has 0 aromatic carbocycles. The van der Waals surface area contributed by atoms with E-state index in [4.69, 9.17) is 17.4 Å². The number of nitrogens with one attached hydrogen (secondary N) is 2. The Labute approximate surface area is 146 Å². The van der Waals surface area contributed by atoms with Crippen molar-refractivity contribution in [3.63, 3.8) is 0 Å². The molecule has 1 heterocycles. The summed E-state index contributed by atoms with van der Waals surface area (Å²) in [6.45, 7) is 1.53. The standard InChI is InChI=1S/C15H18N4O5S/c1-5-7-16-13(20)9-19(10-14(21)17-8-6-2)25(22,23)15-11(3)18-24-12(15)4/h1-2H,7-10H2,3-4H3,(H,16,20)(H,17,21). The Bertz CT molecular complexity index is 778. The predicted octanol–water partition coefficient (Wildman–Crippen LogP) is -1.22. The van der Waals surface area contributed by atoms with Crippen molar-refractivity contribution in [1.82, 2.24) is 20.1 Å². The smallest absolute Gasteiger partial charge is 0.249 e. The van der Waals surface area contributed by atoms with Crippen LogP contribution in [0.3, 0.4) is 0 Å². The zero-order chi connectivity index (χ0) is 19.0. The first kappa shape index (κ1) is 20.2. The van der Waals surface area contributed by atoms with Crippen LogP contribution >= 0.6 is 0 Å². The van der Waals surface area contributed by atoms with E-state index in [1.165, 1.54) is 13.8 Å². The van der Waals surface area contributed by atoms with Gasteiger partial charge in [-0.2, -0.15) is 4.31 Å². The maximum Gasteiger partial charge on any atom is 0.249 e. The van der Waals surface area contributed by atoms with E-state index in [-0.39, 0.29) is 29.4 Å². The molecule has 0 bridgehead atoms. The Balaban J connectivity index is 3.12. The van der Waals surface area contributed by atoms with Gasteiger partial charge < -0.3 is 15.2 Å². The van der Waals surface area contributed by atoms with E-state index in [2.05, 4.69) is 27.6 Å². The number of aryl methyl sites for hydroxylation is 2. The molecule has 0 fully saturated rings. The van der Waals surface area contributed by atoms with Crippen molar-refractivity contribution in [1.29, 1.82) is 0 Å². The monoisotopic (exact) mass is 366 g/mol. The molecule has 2 amide bonds. The van der Waals surface area contributed by atoms with Crippen molar-refractivity contribution in [2.24, 2.45) is 0 Å². The molecule has 1 aromatic heterocycles. The van der Waals surface area contributed by atoms with E-state index in [0.29, 0.717) is 4.31 Å². The normalized spacial score (nSPS) is 10.8. The molecule has 0 aliphatic heterocycles. The van der Waals surface area contributed by atoms with Gasteiger partial charge in [-0.3, -0.25) is 9.59 Å². The molecule has 1 aromatic rings. The van der Waals surface area contributed by atoms with Crippen LogP contribution in [0.5, 0.6) is 0 Å². The number of hydrogen-bond acceptors (Lipinski definition) is 6. The molecular weight excluding hydrogens is 348 g/mol. The van der Waals surface area contributed by atoms with Crippen LogP contribution in [-0.4, -0.2) is 55.9 Å². The molecule has 0 saturated carbocycles. The molecule has 0 unspecified atom stereocenters. The molecule has 0 atom stereocenters. The molecular formula is C15H18N4O5S. The summed E-state index contributed by atoms with van der Waals surface area (Å²) in [7, 11) is -4.21. The SMILES string of the molecule is C#CCNC(=O)CN(CC(=O)NCC#C)S(=O)(=O)c1c(C)noc1C. The Morgan fingerprint density at radius 2 is 1.60 bits per heavy atom. The topological polar surface area (TPSA) is 122 Å². The van der Waals surface area contributed by atoms with E-state index in [9.17, 15) is 18.0 Å². The van der Waals surface area contributed by atoms with Crippen LogP contribution in [0.15, 0.2) is 9.42 Å². The number of carbonyl (C=O) groups is 2. The largest absolute Gasteiger partial charge is 0.360 e. The summed E-state index contributed by atoms with van der Waals surface area (Å²) in [5.74, 6) is 3.14. The Kier molecular flexibility index (Phi) is 7.18. The molecule has 134 valence electrons. The highest BCUT2D eigenvalue weighted by molar-refractivity contribution is 7.89. The second-order valence-corrected chi connectivity index (χ2v) is 6.76. The average molecular weight is 366 g/mol. The van der Waals surface area contributed by atoms with Crippen LogP contribution in [0.2, 0.25) is 0 Å². The van der Waals surface area contributed by atoms with Gasteiger partial charge in [0.25, 0.3) is 0 Å². The summed E-state index contributed by atoms with van der Waals surface area (Å²) in [4.78, 5) is 23.6. The van der Waals surface area contributed by atoms with E-state index >= 15 is 0 Å². The second kappa shape index (κ2) is 8.87. The summed E-state index contributed by atoms with van der Waals surface area (Å²) in [6, 6.07) is 0. The van der Waals surface area contributed by atoms with Gasteiger partial charge in [-0.15, -0.1) is 12.8 Å².